The Kier molecular flexibility index (Phi) is 2.77. The molecule has 0 amide bonds. The lowest BCUT2D eigenvalue weighted by Crippen LogP contribution is -2.41. The molecule has 1 aliphatic carbocycles. The maximum Gasteiger partial charge on any atom is 0.426 e. The number of hydrogen-bond acceptors (Lipinski definition) is 0. The van der Waals surface area contributed by atoms with E-state index in [0.717, 1.165) is 0 Å². The first-order valence-electron chi connectivity index (χ1n) is 4.90. The summed E-state index contributed by atoms with van der Waals surface area (Å²) in [5.74, 6) is 0. The molecule has 0 aliphatic heterocycles. The van der Waals surface area contributed by atoms with Crippen LogP contribution in [0.5, 0.6) is 0 Å². The van der Waals surface area contributed by atoms with Gasteiger partial charge >= 0.3 is 6.18 Å². The van der Waals surface area contributed by atoms with E-state index in [4.69, 9.17) is 0 Å². The van der Waals surface area contributed by atoms with Crippen LogP contribution in [0.15, 0.2) is 22.7 Å². The average Bonchev–Trinajstić information content (AvgIpc) is 2.18. The van der Waals surface area contributed by atoms with Crippen molar-refractivity contribution < 1.29 is 17.6 Å². The minimum absolute atomic E-state index is 0.214. The van der Waals surface area contributed by atoms with Crippen molar-refractivity contribution >= 4 is 15.9 Å². The Morgan fingerprint density at radius 2 is 1.94 bits per heavy atom. The lowest BCUT2D eigenvalue weighted by atomic mass is 9.80. The predicted octanol–water partition coefficient (Wildman–Crippen LogP) is 4.51. The molecule has 2 rings (SSSR count). The normalized spacial score (nSPS) is 25.3. The summed E-state index contributed by atoms with van der Waals surface area (Å²) in [7, 11) is 0. The zero-order chi connectivity index (χ0) is 12.0. The third kappa shape index (κ3) is 1.65. The molecular formula is C11H9BrF4. The molecule has 1 aliphatic rings. The van der Waals surface area contributed by atoms with E-state index in [1.54, 1.807) is 6.07 Å². The number of benzene rings is 1. The summed E-state index contributed by atoms with van der Waals surface area (Å²) in [5.41, 5.74) is -2.99. The van der Waals surface area contributed by atoms with Crippen LogP contribution in [0.3, 0.4) is 0 Å². The van der Waals surface area contributed by atoms with E-state index >= 15 is 0 Å². The number of fused-ring (bicyclic) bond motifs is 1. The molecule has 0 bridgehead atoms. The molecule has 0 heterocycles. The van der Waals surface area contributed by atoms with E-state index < -0.39 is 18.3 Å². The molecule has 0 radical (unpaired) electrons. The molecule has 5 heteroatoms. The zero-order valence-electron chi connectivity index (χ0n) is 8.24. The van der Waals surface area contributed by atoms with Crippen LogP contribution < -0.4 is 0 Å². The molecule has 1 aromatic rings. The van der Waals surface area contributed by atoms with Crippen LogP contribution in [-0.2, 0) is 12.1 Å². The molecule has 88 valence electrons. The van der Waals surface area contributed by atoms with Crippen LogP contribution in [0.1, 0.15) is 24.0 Å². The van der Waals surface area contributed by atoms with Crippen molar-refractivity contribution in [3.63, 3.8) is 0 Å². The first-order chi connectivity index (χ1) is 7.36. The second kappa shape index (κ2) is 3.72. The Balaban J connectivity index is 2.61. The highest BCUT2D eigenvalue weighted by Crippen LogP contribution is 2.50. The first kappa shape index (κ1) is 11.9. The summed E-state index contributed by atoms with van der Waals surface area (Å²) in [6.45, 7) is 0. The van der Waals surface area contributed by atoms with Gasteiger partial charge in [-0.25, -0.2) is 4.39 Å². The molecule has 1 atom stereocenters. The third-order valence-electron chi connectivity index (χ3n) is 2.94. The summed E-state index contributed by atoms with van der Waals surface area (Å²) >= 11 is 3.17. The van der Waals surface area contributed by atoms with E-state index in [-0.39, 0.29) is 12.0 Å². The van der Waals surface area contributed by atoms with Gasteiger partial charge in [-0.2, -0.15) is 13.2 Å². The highest BCUT2D eigenvalue weighted by molar-refractivity contribution is 9.10. The molecule has 16 heavy (non-hydrogen) atoms. The molecule has 1 unspecified atom stereocenters. The lowest BCUT2D eigenvalue weighted by Gasteiger charge is -2.34. The minimum Gasteiger partial charge on any atom is -0.229 e. The van der Waals surface area contributed by atoms with Gasteiger partial charge in [-0.3, -0.25) is 0 Å². The number of halogens is 5. The number of rotatable bonds is 0. The summed E-state index contributed by atoms with van der Waals surface area (Å²) in [6.07, 6.45) is -4.63. The van der Waals surface area contributed by atoms with E-state index in [1.807, 2.05) is 0 Å². The van der Waals surface area contributed by atoms with Gasteiger partial charge in [-0.15, -0.1) is 0 Å². The average molecular weight is 297 g/mol. The van der Waals surface area contributed by atoms with Crippen LogP contribution in [0.4, 0.5) is 17.6 Å². The number of alkyl halides is 4. The Labute approximate surface area is 98.8 Å². The van der Waals surface area contributed by atoms with Gasteiger partial charge in [0.2, 0.25) is 5.67 Å². The lowest BCUT2D eigenvalue weighted by molar-refractivity contribution is -0.240. The largest absolute Gasteiger partial charge is 0.426 e. The van der Waals surface area contributed by atoms with Crippen molar-refractivity contribution in [2.24, 2.45) is 0 Å². The topological polar surface area (TPSA) is 0 Å². The van der Waals surface area contributed by atoms with Crippen molar-refractivity contribution in [3.8, 4) is 0 Å². The maximum atomic E-state index is 14.1. The molecule has 0 N–H and O–H groups in total. The standard InChI is InChI=1S/C11H9BrF4/c12-9-5-1-4-8-7(9)3-2-6-10(8,13)11(14,15)16/h1,4-5H,2-3,6H2. The molecule has 0 aromatic heterocycles. The fourth-order valence-electron chi connectivity index (χ4n) is 2.12. The van der Waals surface area contributed by atoms with Gasteiger partial charge in [0.05, 0.1) is 0 Å². The van der Waals surface area contributed by atoms with Gasteiger partial charge in [-0.1, -0.05) is 28.1 Å². The van der Waals surface area contributed by atoms with E-state index in [0.29, 0.717) is 16.5 Å². The fourth-order valence-corrected chi connectivity index (χ4v) is 2.69. The molecule has 0 saturated heterocycles. The van der Waals surface area contributed by atoms with Gasteiger partial charge in [-0.05, 0) is 30.9 Å². The van der Waals surface area contributed by atoms with E-state index in [1.165, 1.54) is 12.1 Å². The Morgan fingerprint density at radius 1 is 1.25 bits per heavy atom. The molecule has 0 nitrogen and oxygen atoms in total. The van der Waals surface area contributed by atoms with Gasteiger partial charge < -0.3 is 0 Å². The molecule has 0 saturated carbocycles. The van der Waals surface area contributed by atoms with Crippen molar-refractivity contribution in [2.45, 2.75) is 31.1 Å². The van der Waals surface area contributed by atoms with Crippen molar-refractivity contribution in [1.82, 2.24) is 0 Å². The van der Waals surface area contributed by atoms with Crippen molar-refractivity contribution in [2.75, 3.05) is 0 Å². The van der Waals surface area contributed by atoms with Gasteiger partial charge in [0.1, 0.15) is 0 Å². The van der Waals surface area contributed by atoms with Crippen LogP contribution in [0.25, 0.3) is 0 Å². The molecule has 1 aromatic carbocycles. The minimum atomic E-state index is -4.84. The highest BCUT2D eigenvalue weighted by atomic mass is 79.9. The van der Waals surface area contributed by atoms with Crippen LogP contribution in [0.2, 0.25) is 0 Å². The first-order valence-corrected chi connectivity index (χ1v) is 5.69. The number of hydrogen-bond donors (Lipinski definition) is 0. The SMILES string of the molecule is FC(F)(F)C1(F)CCCc2c(Br)cccc21. The zero-order valence-corrected chi connectivity index (χ0v) is 9.83. The smallest absolute Gasteiger partial charge is 0.229 e. The Bertz CT molecular complexity index is 413. The van der Waals surface area contributed by atoms with Crippen molar-refractivity contribution in [3.05, 3.63) is 33.8 Å². The van der Waals surface area contributed by atoms with Gasteiger partial charge in [0.15, 0.2) is 0 Å². The third-order valence-corrected chi connectivity index (χ3v) is 3.69. The maximum absolute atomic E-state index is 14.1. The second-order valence-electron chi connectivity index (χ2n) is 3.92. The summed E-state index contributed by atoms with van der Waals surface area (Å²) in [4.78, 5) is 0. The van der Waals surface area contributed by atoms with Crippen LogP contribution >= 0.6 is 15.9 Å². The summed E-state index contributed by atoms with van der Waals surface area (Å²) in [6, 6.07) is 4.31. The second-order valence-corrected chi connectivity index (χ2v) is 4.77. The van der Waals surface area contributed by atoms with Gasteiger partial charge in [0, 0.05) is 10.0 Å². The van der Waals surface area contributed by atoms with E-state index in [9.17, 15) is 17.6 Å². The summed E-state index contributed by atoms with van der Waals surface area (Å²) < 4.78 is 52.9. The van der Waals surface area contributed by atoms with Crippen LogP contribution in [0, 0.1) is 0 Å². The quantitative estimate of drug-likeness (QED) is 0.618. The monoisotopic (exact) mass is 296 g/mol. The van der Waals surface area contributed by atoms with Gasteiger partial charge in [0.25, 0.3) is 0 Å². The highest BCUT2D eigenvalue weighted by Gasteiger charge is 2.58. The molecular weight excluding hydrogens is 288 g/mol. The Morgan fingerprint density at radius 3 is 2.56 bits per heavy atom. The molecule has 0 spiro atoms. The van der Waals surface area contributed by atoms with Crippen molar-refractivity contribution in [1.29, 1.82) is 0 Å². The van der Waals surface area contributed by atoms with E-state index in [2.05, 4.69) is 15.9 Å². The molecule has 0 fully saturated rings. The Hall–Kier alpha value is -0.580. The van der Waals surface area contributed by atoms with Crippen LogP contribution in [-0.4, -0.2) is 6.18 Å². The predicted molar refractivity (Wildman–Crippen MR) is 55.9 cm³/mol. The fraction of sp³-hybridized carbons (Fsp3) is 0.455. The summed E-state index contributed by atoms with van der Waals surface area (Å²) in [5, 5.41) is 0.